The molecular formula is C15H21FN4O. The third-order valence-corrected chi connectivity index (χ3v) is 4.02. The Kier molecular flexibility index (Phi) is 4.05. The molecule has 1 unspecified atom stereocenters. The average Bonchev–Trinajstić information content (AvgIpc) is 3.22. The van der Waals surface area contributed by atoms with E-state index in [0.717, 1.165) is 32.5 Å². The molecule has 2 aliphatic rings. The van der Waals surface area contributed by atoms with Gasteiger partial charge in [0.15, 0.2) is 0 Å². The summed E-state index contributed by atoms with van der Waals surface area (Å²) in [5.74, 6) is 0.331. The molecule has 0 radical (unpaired) electrons. The minimum Gasteiger partial charge on any atom is -0.352 e. The van der Waals surface area contributed by atoms with E-state index >= 15 is 0 Å². The maximum absolute atomic E-state index is 13.2. The maximum Gasteiger partial charge on any atom is 0.234 e. The molecule has 2 heterocycles. The Morgan fingerprint density at radius 3 is 2.90 bits per heavy atom. The quantitative estimate of drug-likeness (QED) is 0.842. The summed E-state index contributed by atoms with van der Waals surface area (Å²) in [6.45, 7) is 4.87. The molecule has 1 saturated heterocycles. The van der Waals surface area contributed by atoms with E-state index in [4.69, 9.17) is 0 Å². The van der Waals surface area contributed by atoms with Crippen LogP contribution in [0.2, 0.25) is 0 Å². The molecule has 1 aliphatic heterocycles. The molecule has 1 saturated carbocycles. The lowest BCUT2D eigenvalue weighted by Gasteiger charge is -2.40. The summed E-state index contributed by atoms with van der Waals surface area (Å²) in [6, 6.07) is 5.48. The lowest BCUT2D eigenvalue weighted by atomic mass is 10.2. The van der Waals surface area contributed by atoms with Crippen molar-refractivity contribution in [2.24, 2.45) is 0 Å². The Bertz CT molecular complexity index is 520. The first-order valence-electron chi connectivity index (χ1n) is 7.53. The molecule has 114 valence electrons. The van der Waals surface area contributed by atoms with Gasteiger partial charge in [0.2, 0.25) is 11.9 Å². The fourth-order valence-corrected chi connectivity index (χ4v) is 2.78. The largest absolute Gasteiger partial charge is 0.352 e. The number of rotatable bonds is 4. The van der Waals surface area contributed by atoms with E-state index in [1.807, 2.05) is 6.07 Å². The van der Waals surface area contributed by atoms with Gasteiger partial charge in [-0.25, -0.2) is 4.98 Å². The molecular weight excluding hydrogens is 271 g/mol. The monoisotopic (exact) mass is 292 g/mol. The molecule has 0 aromatic carbocycles. The van der Waals surface area contributed by atoms with Crippen molar-refractivity contribution in [2.45, 2.75) is 31.8 Å². The molecule has 3 rings (SSSR count). The molecule has 1 amide bonds. The number of carbonyl (C=O) groups excluding carboxylic acids is 1. The molecule has 0 bridgehead atoms. The van der Waals surface area contributed by atoms with Crippen molar-refractivity contribution in [3.05, 3.63) is 24.1 Å². The lowest BCUT2D eigenvalue weighted by molar-refractivity contribution is -0.122. The fraction of sp³-hybridized carbons (Fsp3) is 0.600. The molecule has 21 heavy (non-hydrogen) atoms. The van der Waals surface area contributed by atoms with Crippen LogP contribution in [-0.2, 0) is 4.79 Å². The predicted molar refractivity (Wildman–Crippen MR) is 78.6 cm³/mol. The summed E-state index contributed by atoms with van der Waals surface area (Å²) in [4.78, 5) is 20.0. The van der Waals surface area contributed by atoms with E-state index in [2.05, 4.69) is 27.0 Å². The summed E-state index contributed by atoms with van der Waals surface area (Å²) < 4.78 is 13.2. The van der Waals surface area contributed by atoms with Crippen molar-refractivity contribution in [1.82, 2.24) is 15.2 Å². The highest BCUT2D eigenvalue weighted by atomic mass is 19.1. The lowest BCUT2D eigenvalue weighted by Crippen LogP contribution is -2.54. The van der Waals surface area contributed by atoms with Gasteiger partial charge in [-0.2, -0.15) is 4.39 Å². The number of carbonyl (C=O) groups is 1. The highest BCUT2D eigenvalue weighted by Gasteiger charge is 2.28. The molecule has 1 aromatic heterocycles. The summed E-state index contributed by atoms with van der Waals surface area (Å²) in [7, 11) is 0. The topological polar surface area (TPSA) is 48.5 Å². The van der Waals surface area contributed by atoms with Gasteiger partial charge in [-0.1, -0.05) is 6.07 Å². The summed E-state index contributed by atoms with van der Waals surface area (Å²) in [5.41, 5.74) is 0. The van der Waals surface area contributed by atoms with Gasteiger partial charge in [-0.15, -0.1) is 0 Å². The van der Waals surface area contributed by atoms with E-state index in [0.29, 0.717) is 18.4 Å². The zero-order valence-corrected chi connectivity index (χ0v) is 12.3. The minimum atomic E-state index is -0.453. The van der Waals surface area contributed by atoms with Gasteiger partial charge in [0.05, 0.1) is 6.54 Å². The maximum atomic E-state index is 13.2. The van der Waals surface area contributed by atoms with Gasteiger partial charge in [-0.05, 0) is 31.9 Å². The van der Waals surface area contributed by atoms with Crippen molar-refractivity contribution < 1.29 is 9.18 Å². The second-order valence-corrected chi connectivity index (χ2v) is 5.94. The first kappa shape index (κ1) is 14.3. The number of pyridine rings is 1. The number of amides is 1. The van der Waals surface area contributed by atoms with E-state index < -0.39 is 5.95 Å². The molecule has 1 atom stereocenters. The van der Waals surface area contributed by atoms with Crippen molar-refractivity contribution in [3.8, 4) is 0 Å². The van der Waals surface area contributed by atoms with Crippen LogP contribution in [0.4, 0.5) is 10.2 Å². The summed E-state index contributed by atoms with van der Waals surface area (Å²) in [5, 5.41) is 3.01. The Morgan fingerprint density at radius 2 is 2.24 bits per heavy atom. The molecule has 5 nitrogen and oxygen atoms in total. The molecule has 0 spiro atoms. The van der Waals surface area contributed by atoms with Gasteiger partial charge in [-0.3, -0.25) is 9.69 Å². The van der Waals surface area contributed by atoms with Gasteiger partial charge in [0, 0.05) is 31.7 Å². The number of anilines is 1. The van der Waals surface area contributed by atoms with E-state index in [9.17, 15) is 9.18 Å². The Morgan fingerprint density at radius 1 is 1.43 bits per heavy atom. The van der Waals surface area contributed by atoms with E-state index in [-0.39, 0.29) is 11.9 Å². The number of hydrogen-bond acceptors (Lipinski definition) is 4. The molecule has 2 fully saturated rings. The highest BCUT2D eigenvalue weighted by molar-refractivity contribution is 5.78. The van der Waals surface area contributed by atoms with E-state index in [1.54, 1.807) is 6.07 Å². The predicted octanol–water partition coefficient (Wildman–Crippen LogP) is 1.01. The van der Waals surface area contributed by atoms with Gasteiger partial charge in [0.1, 0.15) is 5.82 Å². The first-order valence-corrected chi connectivity index (χ1v) is 7.53. The van der Waals surface area contributed by atoms with Crippen LogP contribution in [0.5, 0.6) is 0 Å². The Hall–Kier alpha value is -1.69. The zero-order valence-electron chi connectivity index (χ0n) is 12.3. The Labute approximate surface area is 124 Å². The van der Waals surface area contributed by atoms with Crippen LogP contribution in [0.25, 0.3) is 0 Å². The normalized spacial score (nSPS) is 23.1. The second kappa shape index (κ2) is 5.97. The SMILES string of the molecule is CC1CN(CC(=O)NC2CC2)CCN1c1cccc(F)n1. The smallest absolute Gasteiger partial charge is 0.234 e. The van der Waals surface area contributed by atoms with Crippen LogP contribution in [0.3, 0.4) is 0 Å². The van der Waals surface area contributed by atoms with Crippen LogP contribution in [0, 0.1) is 5.95 Å². The third kappa shape index (κ3) is 3.69. The van der Waals surface area contributed by atoms with Crippen molar-refractivity contribution >= 4 is 11.7 Å². The van der Waals surface area contributed by atoms with Crippen molar-refractivity contribution in [3.63, 3.8) is 0 Å². The molecule has 1 aromatic rings. The number of aromatic nitrogens is 1. The van der Waals surface area contributed by atoms with Crippen LogP contribution < -0.4 is 10.2 Å². The summed E-state index contributed by atoms with van der Waals surface area (Å²) >= 11 is 0. The molecule has 1 N–H and O–H groups in total. The van der Waals surface area contributed by atoms with Crippen LogP contribution in [0.15, 0.2) is 18.2 Å². The first-order chi connectivity index (χ1) is 10.1. The third-order valence-electron chi connectivity index (χ3n) is 4.02. The van der Waals surface area contributed by atoms with Gasteiger partial charge < -0.3 is 10.2 Å². The van der Waals surface area contributed by atoms with Crippen LogP contribution >= 0.6 is 0 Å². The standard InChI is InChI=1S/C15H21FN4O/c1-11-9-19(10-15(21)17-12-5-6-12)7-8-20(11)14-4-2-3-13(16)18-14/h2-4,11-12H,5-10H2,1H3,(H,17,21). The van der Waals surface area contributed by atoms with Gasteiger partial charge >= 0.3 is 0 Å². The fourth-order valence-electron chi connectivity index (χ4n) is 2.78. The van der Waals surface area contributed by atoms with Crippen LogP contribution in [0.1, 0.15) is 19.8 Å². The van der Waals surface area contributed by atoms with E-state index in [1.165, 1.54) is 6.07 Å². The Balaban J connectivity index is 1.55. The van der Waals surface area contributed by atoms with Crippen LogP contribution in [-0.4, -0.2) is 54.1 Å². The zero-order chi connectivity index (χ0) is 14.8. The highest BCUT2D eigenvalue weighted by Crippen LogP contribution is 2.20. The minimum absolute atomic E-state index is 0.113. The summed E-state index contributed by atoms with van der Waals surface area (Å²) in [6.07, 6.45) is 2.22. The molecule has 6 heteroatoms. The second-order valence-electron chi connectivity index (χ2n) is 5.94. The number of nitrogens with one attached hydrogen (secondary N) is 1. The van der Waals surface area contributed by atoms with Crippen molar-refractivity contribution in [1.29, 1.82) is 0 Å². The molecule has 1 aliphatic carbocycles. The average molecular weight is 292 g/mol. The van der Waals surface area contributed by atoms with Crippen molar-refractivity contribution in [2.75, 3.05) is 31.1 Å². The number of halogens is 1. The number of hydrogen-bond donors (Lipinski definition) is 1. The van der Waals surface area contributed by atoms with Gasteiger partial charge in [0.25, 0.3) is 0 Å². The number of nitrogens with zero attached hydrogens (tertiary/aromatic N) is 3. The number of piperazine rings is 1.